The Labute approximate surface area is 143 Å². The average molecular weight is 333 g/mol. The molecule has 0 saturated heterocycles. The summed E-state index contributed by atoms with van der Waals surface area (Å²) in [7, 11) is 0. The van der Waals surface area contributed by atoms with Crippen LogP contribution < -0.4 is 10.1 Å². The number of hydrogen-bond donors (Lipinski definition) is 1. The summed E-state index contributed by atoms with van der Waals surface area (Å²) in [5.41, 5.74) is 2.41. The highest BCUT2D eigenvalue weighted by Crippen LogP contribution is 2.30. The fourth-order valence-corrected chi connectivity index (χ4v) is 2.61. The van der Waals surface area contributed by atoms with Crippen molar-refractivity contribution in [1.29, 1.82) is 5.26 Å². The van der Waals surface area contributed by atoms with Crippen molar-refractivity contribution in [3.63, 3.8) is 0 Å². The van der Waals surface area contributed by atoms with Gasteiger partial charge in [0, 0.05) is 17.7 Å². The Hall–Kier alpha value is -3.40. The molecule has 1 fully saturated rings. The summed E-state index contributed by atoms with van der Waals surface area (Å²) in [6.07, 6.45) is 3.65. The lowest BCUT2D eigenvalue weighted by atomic mass is 10.1. The molecule has 1 amide bonds. The topological polar surface area (TPSA) is 92.3 Å². The van der Waals surface area contributed by atoms with Gasteiger partial charge in [0.1, 0.15) is 11.8 Å². The van der Waals surface area contributed by atoms with Crippen LogP contribution in [-0.2, 0) is 4.79 Å². The molecule has 7 nitrogen and oxygen atoms in total. The molecule has 1 N–H and O–H groups in total. The van der Waals surface area contributed by atoms with Gasteiger partial charge in [-0.1, -0.05) is 12.1 Å². The second-order valence-corrected chi connectivity index (χ2v) is 5.86. The lowest BCUT2D eigenvalue weighted by Gasteiger charge is -2.06. The molecule has 1 aliphatic rings. The van der Waals surface area contributed by atoms with Crippen molar-refractivity contribution in [2.45, 2.75) is 12.8 Å². The number of aromatic nitrogens is 3. The molecule has 4 rings (SSSR count). The molecule has 1 saturated carbocycles. The molecular weight excluding hydrogens is 318 g/mol. The normalized spacial score (nSPS) is 13.4. The van der Waals surface area contributed by atoms with Gasteiger partial charge in [0.15, 0.2) is 12.3 Å². The van der Waals surface area contributed by atoms with Gasteiger partial charge in [0.2, 0.25) is 11.9 Å². The molecule has 1 aromatic carbocycles. The van der Waals surface area contributed by atoms with E-state index in [2.05, 4.69) is 15.4 Å². The Morgan fingerprint density at radius 3 is 3.04 bits per heavy atom. The summed E-state index contributed by atoms with van der Waals surface area (Å²) < 4.78 is 7.00. The largest absolute Gasteiger partial charge is 0.479 e. The number of amides is 1. The molecule has 7 heteroatoms. The third-order valence-corrected chi connectivity index (χ3v) is 3.99. The standard InChI is InChI=1S/C18H15N5O2/c19-8-10-25-14-4-1-3-13(11-14)15-5-2-9-23-16(15)20-18(22-23)21-17(24)12-6-7-12/h1-5,9,11-12H,6-7,10H2,(H,21,22,24). The first kappa shape index (κ1) is 15.1. The number of pyridine rings is 1. The molecule has 0 spiro atoms. The molecule has 124 valence electrons. The molecule has 1 aliphatic carbocycles. The van der Waals surface area contributed by atoms with Crippen LogP contribution in [0.4, 0.5) is 5.95 Å². The van der Waals surface area contributed by atoms with E-state index < -0.39 is 0 Å². The van der Waals surface area contributed by atoms with Crippen molar-refractivity contribution in [2.75, 3.05) is 11.9 Å². The third kappa shape index (κ3) is 3.15. The van der Waals surface area contributed by atoms with Gasteiger partial charge in [-0.05, 0) is 42.7 Å². The molecular formula is C18H15N5O2. The van der Waals surface area contributed by atoms with Crippen LogP contribution >= 0.6 is 0 Å². The first-order valence-corrected chi connectivity index (χ1v) is 8.01. The molecule has 2 aromatic heterocycles. The predicted molar refractivity (Wildman–Crippen MR) is 90.9 cm³/mol. The van der Waals surface area contributed by atoms with Crippen molar-refractivity contribution in [3.05, 3.63) is 42.6 Å². The number of nitrogens with zero attached hydrogens (tertiary/aromatic N) is 4. The smallest absolute Gasteiger partial charge is 0.249 e. The number of benzene rings is 1. The summed E-state index contributed by atoms with van der Waals surface area (Å²) in [6.45, 7) is -0.00404. The summed E-state index contributed by atoms with van der Waals surface area (Å²) >= 11 is 0. The molecule has 0 atom stereocenters. The van der Waals surface area contributed by atoms with Crippen LogP contribution in [0.1, 0.15) is 12.8 Å². The van der Waals surface area contributed by atoms with Crippen molar-refractivity contribution in [2.24, 2.45) is 5.92 Å². The van der Waals surface area contributed by atoms with Crippen LogP contribution in [0.25, 0.3) is 16.8 Å². The molecule has 2 heterocycles. The minimum atomic E-state index is -0.0237. The highest BCUT2D eigenvalue weighted by atomic mass is 16.5. The summed E-state index contributed by atoms with van der Waals surface area (Å²) in [5, 5.41) is 15.7. The summed E-state index contributed by atoms with van der Waals surface area (Å²) in [6, 6.07) is 13.2. The summed E-state index contributed by atoms with van der Waals surface area (Å²) in [5.74, 6) is 0.994. The zero-order valence-corrected chi connectivity index (χ0v) is 13.3. The minimum Gasteiger partial charge on any atom is -0.479 e. The van der Waals surface area contributed by atoms with Crippen LogP contribution in [0, 0.1) is 17.2 Å². The quantitative estimate of drug-likeness (QED) is 0.775. The first-order chi connectivity index (χ1) is 12.2. The molecule has 25 heavy (non-hydrogen) atoms. The monoisotopic (exact) mass is 333 g/mol. The fourth-order valence-electron chi connectivity index (χ4n) is 2.61. The van der Waals surface area contributed by atoms with Gasteiger partial charge < -0.3 is 4.74 Å². The number of anilines is 1. The predicted octanol–water partition coefficient (Wildman–Crippen LogP) is 2.65. The van der Waals surface area contributed by atoms with Gasteiger partial charge in [-0.25, -0.2) is 4.52 Å². The Kier molecular flexibility index (Phi) is 3.78. The van der Waals surface area contributed by atoms with E-state index in [0.29, 0.717) is 17.3 Å². The second kappa shape index (κ2) is 6.24. The van der Waals surface area contributed by atoms with E-state index in [1.54, 1.807) is 16.8 Å². The lowest BCUT2D eigenvalue weighted by Crippen LogP contribution is -2.14. The molecule has 3 aromatic rings. The second-order valence-electron chi connectivity index (χ2n) is 5.86. The Morgan fingerprint density at radius 2 is 2.24 bits per heavy atom. The summed E-state index contributed by atoms with van der Waals surface area (Å²) in [4.78, 5) is 16.4. The molecule has 0 aliphatic heterocycles. The highest BCUT2D eigenvalue weighted by molar-refractivity contribution is 5.93. The van der Waals surface area contributed by atoms with Crippen LogP contribution in [0.3, 0.4) is 0 Å². The third-order valence-electron chi connectivity index (χ3n) is 3.99. The molecule has 0 unspecified atom stereocenters. The number of carbonyl (C=O) groups is 1. The minimum absolute atomic E-state index is 0.00404. The van der Waals surface area contributed by atoms with Crippen molar-refractivity contribution >= 4 is 17.5 Å². The number of fused-ring (bicyclic) bond motifs is 1. The molecule has 0 bridgehead atoms. The Balaban J connectivity index is 1.68. The Morgan fingerprint density at radius 1 is 1.36 bits per heavy atom. The number of rotatable bonds is 5. The van der Waals surface area contributed by atoms with E-state index in [9.17, 15) is 4.79 Å². The van der Waals surface area contributed by atoms with E-state index in [1.807, 2.05) is 36.4 Å². The number of ether oxygens (including phenoxy) is 1. The van der Waals surface area contributed by atoms with E-state index in [4.69, 9.17) is 10.00 Å². The Bertz CT molecular complexity index is 985. The maximum Gasteiger partial charge on any atom is 0.249 e. The van der Waals surface area contributed by atoms with E-state index in [0.717, 1.165) is 24.0 Å². The average Bonchev–Trinajstić information content (AvgIpc) is 3.40. The SMILES string of the molecule is N#CCOc1cccc(-c2cccn3nc(NC(=O)C4CC4)nc23)c1. The van der Waals surface area contributed by atoms with Crippen LogP contribution in [0.5, 0.6) is 5.75 Å². The van der Waals surface area contributed by atoms with E-state index in [1.165, 1.54) is 0 Å². The van der Waals surface area contributed by atoms with Crippen LogP contribution in [0.15, 0.2) is 42.6 Å². The van der Waals surface area contributed by atoms with E-state index in [-0.39, 0.29) is 18.4 Å². The zero-order valence-electron chi connectivity index (χ0n) is 13.3. The van der Waals surface area contributed by atoms with Crippen molar-refractivity contribution < 1.29 is 9.53 Å². The number of nitrogens with one attached hydrogen (secondary N) is 1. The lowest BCUT2D eigenvalue weighted by molar-refractivity contribution is -0.117. The van der Waals surface area contributed by atoms with Gasteiger partial charge in [0.25, 0.3) is 0 Å². The first-order valence-electron chi connectivity index (χ1n) is 8.01. The maximum absolute atomic E-state index is 11.9. The number of hydrogen-bond acceptors (Lipinski definition) is 5. The van der Waals surface area contributed by atoms with Gasteiger partial charge >= 0.3 is 0 Å². The van der Waals surface area contributed by atoms with Crippen molar-refractivity contribution in [3.8, 4) is 22.9 Å². The number of carbonyl (C=O) groups excluding carboxylic acids is 1. The number of nitriles is 1. The van der Waals surface area contributed by atoms with Gasteiger partial charge in [-0.15, -0.1) is 5.10 Å². The fraction of sp³-hybridized carbons (Fsp3) is 0.222. The van der Waals surface area contributed by atoms with Crippen LogP contribution in [0.2, 0.25) is 0 Å². The van der Waals surface area contributed by atoms with Gasteiger partial charge in [0.05, 0.1) is 0 Å². The van der Waals surface area contributed by atoms with Crippen LogP contribution in [-0.4, -0.2) is 27.1 Å². The maximum atomic E-state index is 11.9. The van der Waals surface area contributed by atoms with Gasteiger partial charge in [-0.3, -0.25) is 10.1 Å². The van der Waals surface area contributed by atoms with Crippen molar-refractivity contribution in [1.82, 2.24) is 14.6 Å². The highest BCUT2D eigenvalue weighted by Gasteiger charge is 2.30. The van der Waals surface area contributed by atoms with Gasteiger partial charge in [-0.2, -0.15) is 10.2 Å². The zero-order chi connectivity index (χ0) is 17.2. The molecule has 0 radical (unpaired) electrons. The van der Waals surface area contributed by atoms with E-state index >= 15 is 0 Å².